The Morgan fingerprint density at radius 2 is 2.17 bits per heavy atom. The molecule has 0 bridgehead atoms. The minimum atomic E-state index is -0.441. The second-order valence-corrected chi connectivity index (χ2v) is 3.91. The lowest BCUT2D eigenvalue weighted by Crippen LogP contribution is -2.22. The lowest BCUT2D eigenvalue weighted by molar-refractivity contribution is -0.386. The highest BCUT2D eigenvalue weighted by atomic mass is 16.6. The van der Waals surface area contributed by atoms with Crippen LogP contribution in [0.25, 0.3) is 0 Å². The van der Waals surface area contributed by atoms with Crippen molar-refractivity contribution in [2.75, 3.05) is 19.7 Å². The van der Waals surface area contributed by atoms with Gasteiger partial charge in [-0.05, 0) is 26.8 Å². The van der Waals surface area contributed by atoms with Gasteiger partial charge >= 0.3 is 5.69 Å². The molecule has 1 aromatic rings. The van der Waals surface area contributed by atoms with Crippen molar-refractivity contribution in [3.8, 4) is 5.88 Å². The molecule has 0 saturated carbocycles. The van der Waals surface area contributed by atoms with Gasteiger partial charge < -0.3 is 10.1 Å². The molecule has 0 aliphatic rings. The molecule has 0 fully saturated rings. The third-order valence-corrected chi connectivity index (χ3v) is 2.48. The van der Waals surface area contributed by atoms with Gasteiger partial charge in [0, 0.05) is 13.1 Å². The number of rotatable bonds is 8. The summed E-state index contributed by atoms with van der Waals surface area (Å²) in [5.41, 5.74) is 0.353. The van der Waals surface area contributed by atoms with Crippen LogP contribution in [0, 0.1) is 17.0 Å². The smallest absolute Gasteiger partial charge is 0.353 e. The van der Waals surface area contributed by atoms with Gasteiger partial charge in [-0.2, -0.15) is 5.10 Å². The molecular weight excluding hydrogens is 236 g/mol. The minimum Gasteiger partial charge on any atom is -0.472 e. The van der Waals surface area contributed by atoms with Crippen LogP contribution < -0.4 is 10.1 Å². The standard InChI is InChI=1S/C11H20N4O3/c1-4-6-12-7-8-18-11-10(15(16)17)9(3)13-14(11)5-2/h12H,4-8H2,1-3H3. The Morgan fingerprint density at radius 1 is 1.44 bits per heavy atom. The van der Waals surface area contributed by atoms with Gasteiger partial charge in [0.05, 0.1) is 4.92 Å². The van der Waals surface area contributed by atoms with Crippen molar-refractivity contribution in [3.63, 3.8) is 0 Å². The van der Waals surface area contributed by atoms with Crippen LogP contribution in [0.5, 0.6) is 5.88 Å². The van der Waals surface area contributed by atoms with Gasteiger partial charge in [0.2, 0.25) is 0 Å². The molecule has 0 spiro atoms. The molecule has 0 unspecified atom stereocenters. The van der Waals surface area contributed by atoms with E-state index in [1.807, 2.05) is 6.92 Å². The normalized spacial score (nSPS) is 10.6. The van der Waals surface area contributed by atoms with Crippen molar-refractivity contribution >= 4 is 5.69 Å². The van der Waals surface area contributed by atoms with Crippen LogP contribution in [-0.4, -0.2) is 34.4 Å². The van der Waals surface area contributed by atoms with E-state index in [-0.39, 0.29) is 11.6 Å². The SMILES string of the molecule is CCCNCCOc1c([N+](=O)[O-])c(C)nn1CC. The van der Waals surface area contributed by atoms with E-state index in [1.165, 1.54) is 4.68 Å². The summed E-state index contributed by atoms with van der Waals surface area (Å²) >= 11 is 0. The highest BCUT2D eigenvalue weighted by molar-refractivity contribution is 5.45. The summed E-state index contributed by atoms with van der Waals surface area (Å²) in [6.45, 7) is 8.09. The number of nitrogens with zero attached hydrogens (tertiary/aromatic N) is 3. The number of ether oxygens (including phenoxy) is 1. The third-order valence-electron chi connectivity index (χ3n) is 2.48. The fourth-order valence-corrected chi connectivity index (χ4v) is 1.64. The molecule has 1 N–H and O–H groups in total. The lowest BCUT2D eigenvalue weighted by atomic mass is 10.4. The maximum absolute atomic E-state index is 11.0. The highest BCUT2D eigenvalue weighted by Gasteiger charge is 2.26. The zero-order chi connectivity index (χ0) is 13.5. The maximum atomic E-state index is 11.0. The predicted molar refractivity (Wildman–Crippen MR) is 67.9 cm³/mol. The number of aromatic nitrogens is 2. The number of aryl methyl sites for hydroxylation is 2. The summed E-state index contributed by atoms with van der Waals surface area (Å²) < 4.78 is 7.01. The molecule has 0 amide bonds. The first-order valence-corrected chi connectivity index (χ1v) is 6.17. The Morgan fingerprint density at radius 3 is 2.72 bits per heavy atom. The average molecular weight is 256 g/mol. The first-order chi connectivity index (χ1) is 8.61. The Kier molecular flexibility index (Phi) is 5.57. The summed E-state index contributed by atoms with van der Waals surface area (Å²) in [7, 11) is 0. The molecule has 0 aliphatic carbocycles. The van der Waals surface area contributed by atoms with E-state index in [2.05, 4.69) is 17.3 Å². The molecule has 0 aromatic carbocycles. The van der Waals surface area contributed by atoms with Crippen molar-refractivity contribution in [1.29, 1.82) is 0 Å². The molecule has 1 aromatic heterocycles. The predicted octanol–water partition coefficient (Wildman–Crippen LogP) is 1.50. The van der Waals surface area contributed by atoms with E-state index in [0.717, 1.165) is 13.0 Å². The Bertz CT molecular complexity index is 403. The van der Waals surface area contributed by atoms with Crippen molar-refractivity contribution in [1.82, 2.24) is 15.1 Å². The summed E-state index contributed by atoms with van der Waals surface area (Å²) in [5.74, 6) is 0.248. The van der Waals surface area contributed by atoms with E-state index >= 15 is 0 Å². The molecule has 7 nitrogen and oxygen atoms in total. The number of nitrogens with one attached hydrogen (secondary N) is 1. The van der Waals surface area contributed by atoms with Crippen LogP contribution in [0.15, 0.2) is 0 Å². The molecule has 18 heavy (non-hydrogen) atoms. The van der Waals surface area contributed by atoms with Crippen LogP contribution in [-0.2, 0) is 6.54 Å². The lowest BCUT2D eigenvalue weighted by Gasteiger charge is -2.07. The van der Waals surface area contributed by atoms with E-state index in [4.69, 9.17) is 4.74 Å². The van der Waals surface area contributed by atoms with Gasteiger partial charge in [-0.1, -0.05) is 6.92 Å². The second-order valence-electron chi connectivity index (χ2n) is 3.91. The zero-order valence-corrected chi connectivity index (χ0v) is 11.1. The molecule has 7 heteroatoms. The minimum absolute atomic E-state index is 0.0349. The van der Waals surface area contributed by atoms with E-state index in [1.54, 1.807) is 6.92 Å². The Hall–Kier alpha value is -1.63. The number of hydrogen-bond acceptors (Lipinski definition) is 5. The number of nitro groups is 1. The van der Waals surface area contributed by atoms with E-state index in [0.29, 0.717) is 25.4 Å². The van der Waals surface area contributed by atoms with Crippen LogP contribution >= 0.6 is 0 Å². The summed E-state index contributed by atoms with van der Waals surface area (Å²) in [5, 5.41) is 18.2. The molecule has 0 saturated heterocycles. The fourth-order valence-electron chi connectivity index (χ4n) is 1.64. The second kappa shape index (κ2) is 6.95. The van der Waals surface area contributed by atoms with Crippen LogP contribution in [0.3, 0.4) is 0 Å². The van der Waals surface area contributed by atoms with E-state index < -0.39 is 4.92 Å². The van der Waals surface area contributed by atoms with Crippen molar-refractivity contribution in [2.24, 2.45) is 0 Å². The monoisotopic (exact) mass is 256 g/mol. The van der Waals surface area contributed by atoms with Gasteiger partial charge in [0.1, 0.15) is 12.3 Å². The highest BCUT2D eigenvalue weighted by Crippen LogP contribution is 2.30. The van der Waals surface area contributed by atoms with Crippen molar-refractivity contribution in [3.05, 3.63) is 15.8 Å². The van der Waals surface area contributed by atoms with Crippen LogP contribution in [0.2, 0.25) is 0 Å². The van der Waals surface area contributed by atoms with E-state index in [9.17, 15) is 10.1 Å². The summed E-state index contributed by atoms with van der Waals surface area (Å²) in [6, 6.07) is 0. The topological polar surface area (TPSA) is 82.2 Å². The Labute approximate surface area is 106 Å². The first-order valence-electron chi connectivity index (χ1n) is 6.17. The van der Waals surface area contributed by atoms with Gasteiger partial charge in [-0.25, -0.2) is 4.68 Å². The summed E-state index contributed by atoms with van der Waals surface area (Å²) in [4.78, 5) is 10.5. The number of hydrogen-bond donors (Lipinski definition) is 1. The van der Waals surface area contributed by atoms with Crippen LogP contribution in [0.1, 0.15) is 26.0 Å². The fraction of sp³-hybridized carbons (Fsp3) is 0.727. The van der Waals surface area contributed by atoms with Crippen LogP contribution in [0.4, 0.5) is 5.69 Å². The van der Waals surface area contributed by atoms with Gasteiger partial charge in [-0.15, -0.1) is 0 Å². The van der Waals surface area contributed by atoms with Crippen molar-refractivity contribution < 1.29 is 9.66 Å². The summed E-state index contributed by atoms with van der Waals surface area (Å²) in [6.07, 6.45) is 1.05. The molecular formula is C11H20N4O3. The largest absolute Gasteiger partial charge is 0.472 e. The molecule has 1 heterocycles. The molecule has 1 rings (SSSR count). The maximum Gasteiger partial charge on any atom is 0.353 e. The molecule has 0 radical (unpaired) electrons. The molecule has 102 valence electrons. The molecule has 0 aliphatic heterocycles. The third kappa shape index (κ3) is 3.43. The Balaban J connectivity index is 2.70. The van der Waals surface area contributed by atoms with Gasteiger partial charge in [0.25, 0.3) is 5.88 Å². The van der Waals surface area contributed by atoms with Crippen molar-refractivity contribution in [2.45, 2.75) is 33.7 Å². The molecule has 0 atom stereocenters. The quantitative estimate of drug-likeness (QED) is 0.433. The zero-order valence-electron chi connectivity index (χ0n) is 11.1. The van der Waals surface area contributed by atoms with Gasteiger partial charge in [-0.3, -0.25) is 10.1 Å². The van der Waals surface area contributed by atoms with Gasteiger partial charge in [0.15, 0.2) is 0 Å². The first kappa shape index (κ1) is 14.4. The average Bonchev–Trinajstić information content (AvgIpc) is 2.65.